The predicted molar refractivity (Wildman–Crippen MR) is 129 cm³/mol. The Morgan fingerprint density at radius 3 is 2.79 bits per heavy atom. The third-order valence-corrected chi connectivity index (χ3v) is 5.33. The van der Waals surface area contributed by atoms with Crippen molar-refractivity contribution in [3.63, 3.8) is 0 Å². The fourth-order valence-corrected chi connectivity index (χ4v) is 3.81. The predicted octanol–water partition coefficient (Wildman–Crippen LogP) is 5.67. The number of rotatable bonds is 9. The molecule has 0 spiro atoms. The van der Waals surface area contributed by atoms with Crippen LogP contribution in [0.4, 0.5) is 0 Å². The van der Waals surface area contributed by atoms with Crippen molar-refractivity contribution >= 4 is 28.3 Å². The molecular weight excluding hydrogens is 456 g/mol. The van der Waals surface area contributed by atoms with Gasteiger partial charge in [0.2, 0.25) is 11.7 Å². The van der Waals surface area contributed by atoms with Crippen LogP contribution in [0.3, 0.4) is 0 Å². The van der Waals surface area contributed by atoms with Crippen LogP contribution in [-0.2, 0) is 16.0 Å². The molecule has 3 aromatic heterocycles. The Balaban J connectivity index is 1.59. The van der Waals surface area contributed by atoms with Crippen LogP contribution in [-0.4, -0.2) is 38.8 Å². The summed E-state index contributed by atoms with van der Waals surface area (Å²) in [5.41, 5.74) is 2.32. The van der Waals surface area contributed by atoms with Crippen molar-refractivity contribution in [2.75, 3.05) is 6.61 Å². The zero-order valence-corrected chi connectivity index (χ0v) is 20.0. The number of carbonyl (C=O) groups is 1. The average Bonchev–Trinajstić information content (AvgIpc) is 3.30. The lowest BCUT2D eigenvalue weighted by Gasteiger charge is -2.09. The van der Waals surface area contributed by atoms with E-state index in [0.29, 0.717) is 54.1 Å². The van der Waals surface area contributed by atoms with Crippen molar-refractivity contribution in [1.82, 2.24) is 20.1 Å². The Bertz CT molecular complexity index is 1310. The van der Waals surface area contributed by atoms with Gasteiger partial charge in [0, 0.05) is 35.5 Å². The Morgan fingerprint density at radius 2 is 2.03 bits per heavy atom. The molecule has 0 saturated heterocycles. The first-order valence-corrected chi connectivity index (χ1v) is 11.5. The Kier molecular flexibility index (Phi) is 7.37. The summed E-state index contributed by atoms with van der Waals surface area (Å²) in [5, 5.41) is 6.48. The lowest BCUT2D eigenvalue weighted by molar-refractivity contribution is -0.143. The van der Waals surface area contributed by atoms with Crippen LogP contribution >= 0.6 is 11.6 Å². The van der Waals surface area contributed by atoms with Crippen LogP contribution in [0.2, 0.25) is 5.02 Å². The number of ether oxygens (including phenoxy) is 2. The number of esters is 1. The van der Waals surface area contributed by atoms with E-state index in [1.54, 1.807) is 25.4 Å². The van der Waals surface area contributed by atoms with Gasteiger partial charge < -0.3 is 14.0 Å². The van der Waals surface area contributed by atoms with Crippen molar-refractivity contribution in [2.24, 2.45) is 0 Å². The maximum atomic E-state index is 11.7. The van der Waals surface area contributed by atoms with Crippen molar-refractivity contribution in [3.8, 4) is 28.7 Å². The third-order valence-electron chi connectivity index (χ3n) is 5.06. The molecule has 1 aromatic carbocycles. The number of benzene rings is 1. The van der Waals surface area contributed by atoms with Crippen molar-refractivity contribution in [2.45, 2.75) is 46.1 Å². The molecule has 0 aliphatic heterocycles. The molecule has 0 atom stereocenters. The second-order valence-corrected chi connectivity index (χ2v) is 8.32. The van der Waals surface area contributed by atoms with Crippen LogP contribution in [0.25, 0.3) is 33.6 Å². The van der Waals surface area contributed by atoms with E-state index < -0.39 is 0 Å². The molecular formula is C25H25ClN4O4. The van der Waals surface area contributed by atoms with Crippen LogP contribution in [0.15, 0.2) is 47.2 Å². The molecule has 0 saturated carbocycles. The Labute approximate surface area is 202 Å². The largest absolute Gasteiger partial charge is 0.474 e. The first-order valence-electron chi connectivity index (χ1n) is 11.1. The molecule has 0 amide bonds. The summed E-state index contributed by atoms with van der Waals surface area (Å²) >= 11 is 6.31. The minimum absolute atomic E-state index is 0.0400. The van der Waals surface area contributed by atoms with Gasteiger partial charge >= 0.3 is 5.97 Å². The summed E-state index contributed by atoms with van der Waals surface area (Å²) < 4.78 is 16.1. The van der Waals surface area contributed by atoms with Gasteiger partial charge in [0.15, 0.2) is 0 Å². The molecule has 34 heavy (non-hydrogen) atoms. The number of aromatic nitrogens is 4. The van der Waals surface area contributed by atoms with Crippen LogP contribution in [0.1, 0.15) is 39.3 Å². The van der Waals surface area contributed by atoms with Gasteiger partial charge in [-0.15, -0.1) is 0 Å². The molecule has 3 heterocycles. The second-order valence-electron chi connectivity index (χ2n) is 7.92. The SMILES string of the molecule is CCOC(=O)CCCc1nccc2c(-c3noc(-c4cnc(OC(C)C)c(Cl)c4)n3)cccc12. The zero-order valence-electron chi connectivity index (χ0n) is 19.2. The first kappa shape index (κ1) is 23.6. The topological polar surface area (TPSA) is 100 Å². The number of fused-ring (bicyclic) bond motifs is 1. The van der Waals surface area contributed by atoms with Gasteiger partial charge in [-0.1, -0.05) is 35.0 Å². The van der Waals surface area contributed by atoms with E-state index in [1.807, 2.05) is 38.1 Å². The first-order chi connectivity index (χ1) is 16.5. The maximum absolute atomic E-state index is 11.7. The number of hydrogen-bond donors (Lipinski definition) is 0. The van der Waals surface area contributed by atoms with Gasteiger partial charge in [-0.3, -0.25) is 9.78 Å². The zero-order chi connectivity index (χ0) is 24.1. The summed E-state index contributed by atoms with van der Waals surface area (Å²) in [6, 6.07) is 9.48. The highest BCUT2D eigenvalue weighted by Gasteiger charge is 2.17. The lowest BCUT2D eigenvalue weighted by Crippen LogP contribution is -2.07. The van der Waals surface area contributed by atoms with Gasteiger partial charge in [0.05, 0.1) is 18.3 Å². The van der Waals surface area contributed by atoms with E-state index in [0.717, 1.165) is 22.0 Å². The highest BCUT2D eigenvalue weighted by Crippen LogP contribution is 2.32. The Morgan fingerprint density at radius 1 is 1.18 bits per heavy atom. The minimum atomic E-state index is -0.193. The summed E-state index contributed by atoms with van der Waals surface area (Å²) in [7, 11) is 0. The fraction of sp³-hybridized carbons (Fsp3) is 0.320. The standard InChI is InChI=1S/C25H25ClN4O4/c1-4-32-22(31)10-6-9-21-18-7-5-8-19(17(18)11-12-27-21)23-29-24(34-30-23)16-13-20(26)25(28-14-16)33-15(2)3/h5,7-8,11-15H,4,6,9-10H2,1-3H3. The molecule has 8 nitrogen and oxygen atoms in total. The molecule has 0 aliphatic carbocycles. The minimum Gasteiger partial charge on any atom is -0.474 e. The quantitative estimate of drug-likeness (QED) is 0.282. The van der Waals surface area contributed by atoms with E-state index in [-0.39, 0.29) is 12.1 Å². The van der Waals surface area contributed by atoms with Gasteiger partial charge in [-0.2, -0.15) is 4.98 Å². The summed E-state index contributed by atoms with van der Waals surface area (Å²) in [6.45, 7) is 6.00. The molecule has 4 rings (SSSR count). The third kappa shape index (κ3) is 5.34. The molecule has 0 aliphatic rings. The molecule has 176 valence electrons. The van der Waals surface area contributed by atoms with Gasteiger partial charge in [0.1, 0.15) is 5.02 Å². The van der Waals surface area contributed by atoms with Crippen LogP contribution in [0, 0.1) is 0 Å². The highest BCUT2D eigenvalue weighted by atomic mass is 35.5. The summed E-state index contributed by atoms with van der Waals surface area (Å²) in [4.78, 5) is 25.0. The van der Waals surface area contributed by atoms with E-state index in [9.17, 15) is 4.79 Å². The summed E-state index contributed by atoms with van der Waals surface area (Å²) in [6.07, 6.45) is 4.98. The van der Waals surface area contributed by atoms with Gasteiger partial charge in [-0.25, -0.2) is 4.98 Å². The van der Waals surface area contributed by atoms with Gasteiger partial charge in [-0.05, 0) is 51.1 Å². The number of hydrogen-bond acceptors (Lipinski definition) is 8. The second kappa shape index (κ2) is 10.6. The molecule has 0 radical (unpaired) electrons. The van der Waals surface area contributed by atoms with Crippen LogP contribution < -0.4 is 4.74 Å². The maximum Gasteiger partial charge on any atom is 0.305 e. The number of carbonyl (C=O) groups excluding carboxylic acids is 1. The number of nitrogens with zero attached hydrogens (tertiary/aromatic N) is 4. The van der Waals surface area contributed by atoms with Crippen molar-refractivity contribution in [3.05, 3.63) is 53.4 Å². The number of halogens is 1. The van der Waals surface area contributed by atoms with E-state index in [4.69, 9.17) is 25.6 Å². The fourth-order valence-electron chi connectivity index (χ4n) is 3.60. The smallest absolute Gasteiger partial charge is 0.305 e. The van der Waals surface area contributed by atoms with Crippen molar-refractivity contribution < 1.29 is 18.8 Å². The van der Waals surface area contributed by atoms with E-state index in [2.05, 4.69) is 20.1 Å². The van der Waals surface area contributed by atoms with Crippen LogP contribution in [0.5, 0.6) is 5.88 Å². The molecule has 4 aromatic rings. The molecule has 0 fully saturated rings. The number of aryl methyl sites for hydroxylation is 1. The van der Waals surface area contributed by atoms with Gasteiger partial charge in [0.25, 0.3) is 5.89 Å². The monoisotopic (exact) mass is 480 g/mol. The average molecular weight is 481 g/mol. The van der Waals surface area contributed by atoms with Crippen molar-refractivity contribution in [1.29, 1.82) is 0 Å². The number of pyridine rings is 2. The highest BCUT2D eigenvalue weighted by molar-refractivity contribution is 6.32. The van der Waals surface area contributed by atoms with E-state index in [1.165, 1.54) is 0 Å². The molecule has 0 bridgehead atoms. The van der Waals surface area contributed by atoms with E-state index >= 15 is 0 Å². The normalized spacial score (nSPS) is 11.2. The molecule has 0 N–H and O–H groups in total. The lowest BCUT2D eigenvalue weighted by atomic mass is 10.0. The summed E-state index contributed by atoms with van der Waals surface area (Å²) in [5.74, 6) is 0.919. The Hall–Kier alpha value is -3.52. The molecule has 0 unspecified atom stereocenters. The molecule has 9 heteroatoms.